The van der Waals surface area contributed by atoms with Crippen LogP contribution in [-0.2, 0) is 10.0 Å². The lowest BCUT2D eigenvalue weighted by atomic mass is 10.2. The highest BCUT2D eigenvalue weighted by Gasteiger charge is 2.20. The second kappa shape index (κ2) is 5.69. The van der Waals surface area contributed by atoms with Gasteiger partial charge in [0.15, 0.2) is 0 Å². The van der Waals surface area contributed by atoms with Gasteiger partial charge >= 0.3 is 0 Å². The van der Waals surface area contributed by atoms with Gasteiger partial charge in [-0.15, -0.1) is 0 Å². The monoisotopic (exact) mass is 272 g/mol. The first kappa shape index (κ1) is 14.9. The maximum Gasteiger partial charge on any atom is 0.241 e. The number of hydrogen-bond acceptors (Lipinski definition) is 4. The number of nitrogen functional groups attached to an aromatic ring is 1. The molecule has 0 aliphatic carbocycles. The third-order valence-electron chi connectivity index (χ3n) is 2.54. The maximum absolute atomic E-state index is 12.1. The Kier molecular flexibility index (Phi) is 4.72. The van der Waals surface area contributed by atoms with Crippen molar-refractivity contribution < 1.29 is 13.5 Å². The molecule has 2 atom stereocenters. The summed E-state index contributed by atoms with van der Waals surface area (Å²) in [6.45, 7) is 5.04. The van der Waals surface area contributed by atoms with Gasteiger partial charge in [0.25, 0.3) is 0 Å². The van der Waals surface area contributed by atoms with Gasteiger partial charge < -0.3 is 10.8 Å². The van der Waals surface area contributed by atoms with E-state index in [1.165, 1.54) is 6.07 Å². The minimum Gasteiger partial charge on any atom is -0.399 e. The second-order valence-corrected chi connectivity index (χ2v) is 6.31. The normalized spacial score (nSPS) is 15.3. The maximum atomic E-state index is 12.1. The second-order valence-electron chi connectivity index (χ2n) is 4.63. The van der Waals surface area contributed by atoms with Gasteiger partial charge in [-0.05, 0) is 51.0 Å². The highest BCUT2D eigenvalue weighted by atomic mass is 32.2. The lowest BCUT2D eigenvalue weighted by Gasteiger charge is -2.16. The lowest BCUT2D eigenvalue weighted by Crippen LogP contribution is -2.35. The molecular weight excluding hydrogens is 252 g/mol. The fourth-order valence-corrected chi connectivity index (χ4v) is 3.35. The summed E-state index contributed by atoms with van der Waals surface area (Å²) in [5.41, 5.74) is 6.72. The Balaban J connectivity index is 2.93. The quantitative estimate of drug-likeness (QED) is 0.698. The minimum absolute atomic E-state index is 0.217. The van der Waals surface area contributed by atoms with Crippen molar-refractivity contribution in [3.63, 3.8) is 0 Å². The van der Waals surface area contributed by atoms with Crippen LogP contribution in [0, 0.1) is 6.92 Å². The van der Waals surface area contributed by atoms with E-state index in [9.17, 15) is 13.5 Å². The van der Waals surface area contributed by atoms with E-state index in [1.54, 1.807) is 32.9 Å². The number of aliphatic hydroxyl groups is 1. The van der Waals surface area contributed by atoms with Gasteiger partial charge in [-0.1, -0.05) is 0 Å². The number of aryl methyl sites for hydroxylation is 1. The number of anilines is 1. The van der Waals surface area contributed by atoms with Crippen LogP contribution in [0.2, 0.25) is 0 Å². The van der Waals surface area contributed by atoms with Crippen molar-refractivity contribution in [1.82, 2.24) is 4.72 Å². The predicted octanol–water partition coefficient (Wildman–Crippen LogP) is 1.01. The van der Waals surface area contributed by atoms with E-state index in [0.29, 0.717) is 17.7 Å². The van der Waals surface area contributed by atoms with Crippen LogP contribution in [0.5, 0.6) is 0 Å². The highest BCUT2D eigenvalue weighted by Crippen LogP contribution is 2.18. The third-order valence-corrected chi connectivity index (χ3v) is 4.29. The minimum atomic E-state index is -3.57. The molecule has 0 heterocycles. The first-order chi connectivity index (χ1) is 8.22. The summed E-state index contributed by atoms with van der Waals surface area (Å²) in [7, 11) is -3.57. The van der Waals surface area contributed by atoms with Crippen LogP contribution in [-0.4, -0.2) is 25.7 Å². The fraction of sp³-hybridized carbons (Fsp3) is 0.500. The van der Waals surface area contributed by atoms with Gasteiger partial charge in [0.2, 0.25) is 10.0 Å². The summed E-state index contributed by atoms with van der Waals surface area (Å²) in [5, 5.41) is 9.23. The van der Waals surface area contributed by atoms with E-state index in [1.807, 2.05) is 0 Å². The zero-order chi connectivity index (χ0) is 13.9. The Morgan fingerprint density at radius 3 is 2.50 bits per heavy atom. The SMILES string of the molecule is Cc1cc(N)ccc1S(=O)(=O)NC(C)CC(C)O. The largest absolute Gasteiger partial charge is 0.399 e. The molecule has 0 aliphatic heterocycles. The Hall–Kier alpha value is -1.11. The molecule has 0 radical (unpaired) electrons. The molecule has 4 N–H and O–H groups in total. The van der Waals surface area contributed by atoms with Crippen LogP contribution >= 0.6 is 0 Å². The van der Waals surface area contributed by atoms with Gasteiger partial charge in [-0.3, -0.25) is 0 Å². The molecule has 0 spiro atoms. The number of sulfonamides is 1. The zero-order valence-electron chi connectivity index (χ0n) is 10.8. The van der Waals surface area contributed by atoms with E-state index in [2.05, 4.69) is 4.72 Å². The molecule has 0 saturated heterocycles. The van der Waals surface area contributed by atoms with Gasteiger partial charge in [0.05, 0.1) is 11.0 Å². The molecule has 0 bridgehead atoms. The summed E-state index contributed by atoms with van der Waals surface area (Å²) in [5.74, 6) is 0. The molecule has 1 aromatic carbocycles. The van der Waals surface area contributed by atoms with E-state index in [4.69, 9.17) is 5.73 Å². The molecule has 5 nitrogen and oxygen atoms in total. The van der Waals surface area contributed by atoms with Gasteiger partial charge in [-0.25, -0.2) is 13.1 Å². The van der Waals surface area contributed by atoms with Crippen molar-refractivity contribution in [2.24, 2.45) is 0 Å². The number of nitrogens with one attached hydrogen (secondary N) is 1. The van der Waals surface area contributed by atoms with E-state index >= 15 is 0 Å². The molecule has 18 heavy (non-hydrogen) atoms. The van der Waals surface area contributed by atoms with Crippen LogP contribution in [0.3, 0.4) is 0 Å². The molecule has 1 aromatic rings. The molecule has 0 aliphatic rings. The number of hydrogen-bond donors (Lipinski definition) is 3. The van der Waals surface area contributed by atoms with Crippen LogP contribution in [0.4, 0.5) is 5.69 Å². The van der Waals surface area contributed by atoms with Gasteiger partial charge in [0, 0.05) is 11.7 Å². The molecule has 0 saturated carbocycles. The summed E-state index contributed by atoms with van der Waals surface area (Å²) < 4.78 is 26.8. The van der Waals surface area contributed by atoms with Gasteiger partial charge in [0.1, 0.15) is 0 Å². The molecular formula is C12H20N2O3S. The molecule has 2 unspecified atom stereocenters. The zero-order valence-corrected chi connectivity index (χ0v) is 11.7. The average Bonchev–Trinajstić information content (AvgIpc) is 2.13. The van der Waals surface area contributed by atoms with Crippen LogP contribution < -0.4 is 10.5 Å². The van der Waals surface area contributed by atoms with Gasteiger partial charge in [-0.2, -0.15) is 0 Å². The molecule has 102 valence electrons. The van der Waals surface area contributed by atoms with Crippen molar-refractivity contribution in [2.45, 2.75) is 44.2 Å². The summed E-state index contributed by atoms with van der Waals surface area (Å²) in [6, 6.07) is 4.34. The molecule has 0 fully saturated rings. The topological polar surface area (TPSA) is 92.4 Å². The summed E-state index contributed by atoms with van der Waals surface area (Å²) in [6.07, 6.45) is -0.178. The first-order valence-electron chi connectivity index (χ1n) is 5.79. The van der Waals surface area contributed by atoms with E-state index in [0.717, 1.165) is 0 Å². The van der Waals surface area contributed by atoms with Crippen molar-refractivity contribution in [3.05, 3.63) is 23.8 Å². The standard InChI is InChI=1S/C12H20N2O3S/c1-8-6-11(13)4-5-12(8)18(16,17)14-9(2)7-10(3)15/h4-6,9-10,14-15H,7,13H2,1-3H3. The lowest BCUT2D eigenvalue weighted by molar-refractivity contribution is 0.175. The third kappa shape index (κ3) is 3.97. The van der Waals surface area contributed by atoms with Crippen molar-refractivity contribution in [3.8, 4) is 0 Å². The van der Waals surface area contributed by atoms with Crippen molar-refractivity contribution in [1.29, 1.82) is 0 Å². The molecule has 0 amide bonds. The smallest absolute Gasteiger partial charge is 0.241 e. The molecule has 6 heteroatoms. The Labute approximate surface area is 108 Å². The van der Waals surface area contributed by atoms with Crippen LogP contribution in [0.1, 0.15) is 25.8 Å². The Morgan fingerprint density at radius 2 is 2.00 bits per heavy atom. The van der Waals surface area contributed by atoms with Crippen molar-refractivity contribution >= 4 is 15.7 Å². The average molecular weight is 272 g/mol. The summed E-state index contributed by atoms with van der Waals surface area (Å²) in [4.78, 5) is 0.217. The predicted molar refractivity (Wildman–Crippen MR) is 71.7 cm³/mol. The molecule has 0 aromatic heterocycles. The van der Waals surface area contributed by atoms with Crippen molar-refractivity contribution in [2.75, 3.05) is 5.73 Å². The van der Waals surface area contributed by atoms with Crippen LogP contribution in [0.15, 0.2) is 23.1 Å². The van der Waals surface area contributed by atoms with E-state index < -0.39 is 16.1 Å². The summed E-state index contributed by atoms with van der Waals surface area (Å²) >= 11 is 0. The van der Waals surface area contributed by atoms with Crippen LogP contribution in [0.25, 0.3) is 0 Å². The first-order valence-corrected chi connectivity index (χ1v) is 7.27. The Morgan fingerprint density at radius 1 is 1.39 bits per heavy atom. The van der Waals surface area contributed by atoms with E-state index in [-0.39, 0.29) is 10.9 Å². The number of benzene rings is 1. The number of rotatable bonds is 5. The number of nitrogens with two attached hydrogens (primary N) is 1. The molecule has 1 rings (SSSR count). The fourth-order valence-electron chi connectivity index (χ4n) is 1.86. The Bertz CT molecular complexity index is 512. The number of aliphatic hydroxyl groups excluding tert-OH is 1. The highest BCUT2D eigenvalue weighted by molar-refractivity contribution is 7.89.